The van der Waals surface area contributed by atoms with Gasteiger partial charge in [-0.3, -0.25) is 14.4 Å². The van der Waals surface area contributed by atoms with Crippen molar-refractivity contribution in [3.63, 3.8) is 0 Å². The highest BCUT2D eigenvalue weighted by atomic mass is 16.6. The smallest absolute Gasteiger partial charge is 0.306 e. The Kier molecular flexibility index (Phi) is 55.1. The number of unbranched alkanes of at least 4 members (excludes halogenated alkanes) is 10. The van der Waals surface area contributed by atoms with E-state index in [-0.39, 0.29) is 44.0 Å². The predicted molar refractivity (Wildman–Crippen MR) is 315 cm³/mol. The molecule has 0 amide bonds. The summed E-state index contributed by atoms with van der Waals surface area (Å²) in [6, 6.07) is 0. The third kappa shape index (κ3) is 57.5. The summed E-state index contributed by atoms with van der Waals surface area (Å²) < 4.78 is 16.7. The van der Waals surface area contributed by atoms with Crippen molar-refractivity contribution in [1.29, 1.82) is 0 Å². The van der Waals surface area contributed by atoms with Crippen LogP contribution in [0, 0.1) is 0 Å². The van der Waals surface area contributed by atoms with Crippen molar-refractivity contribution in [2.24, 2.45) is 0 Å². The van der Waals surface area contributed by atoms with Crippen LogP contribution in [0.3, 0.4) is 0 Å². The Labute approximate surface area is 447 Å². The molecule has 1 atom stereocenters. The van der Waals surface area contributed by atoms with E-state index < -0.39 is 6.10 Å². The fourth-order valence-electron chi connectivity index (χ4n) is 7.04. The highest BCUT2D eigenvalue weighted by molar-refractivity contribution is 5.71. The number of carbonyl (C=O) groups excluding carboxylic acids is 3. The first kappa shape index (κ1) is 67.8. The Morgan fingerprint density at radius 1 is 0.274 bits per heavy atom. The minimum atomic E-state index is -0.839. The third-order valence-electron chi connectivity index (χ3n) is 11.2. The number of carbonyl (C=O) groups is 3. The molecule has 406 valence electrons. The van der Waals surface area contributed by atoms with Gasteiger partial charge in [-0.1, -0.05) is 229 Å². The summed E-state index contributed by atoms with van der Waals surface area (Å²) in [5, 5.41) is 0. The second kappa shape index (κ2) is 59.3. The summed E-state index contributed by atoms with van der Waals surface area (Å²) in [6.45, 7) is 6.17. The molecule has 0 radical (unpaired) electrons. The Bertz CT molecular complexity index is 1720. The van der Waals surface area contributed by atoms with E-state index >= 15 is 0 Å². The molecule has 0 aromatic heterocycles. The number of hydrogen-bond acceptors (Lipinski definition) is 6. The zero-order chi connectivity index (χ0) is 52.9. The summed E-state index contributed by atoms with van der Waals surface area (Å²) in [4.78, 5) is 38.1. The van der Waals surface area contributed by atoms with E-state index in [0.29, 0.717) is 19.3 Å². The Morgan fingerprint density at radius 3 is 0.863 bits per heavy atom. The van der Waals surface area contributed by atoms with Crippen molar-refractivity contribution in [2.45, 2.75) is 219 Å². The largest absolute Gasteiger partial charge is 0.462 e. The van der Waals surface area contributed by atoms with Crippen LogP contribution < -0.4 is 0 Å². The zero-order valence-electron chi connectivity index (χ0n) is 46.3. The van der Waals surface area contributed by atoms with Gasteiger partial charge < -0.3 is 14.2 Å². The number of allylic oxidation sites excluding steroid dienone is 28. The van der Waals surface area contributed by atoms with Crippen molar-refractivity contribution in [1.82, 2.24) is 0 Å². The predicted octanol–water partition coefficient (Wildman–Crippen LogP) is 19.5. The fraction of sp³-hybridized carbons (Fsp3) is 0.537. The van der Waals surface area contributed by atoms with E-state index in [4.69, 9.17) is 14.2 Å². The molecule has 0 heterocycles. The monoisotopic (exact) mass is 1000 g/mol. The summed E-state index contributed by atoms with van der Waals surface area (Å²) in [7, 11) is 0. The number of esters is 3. The van der Waals surface area contributed by atoms with Gasteiger partial charge in [-0.05, 0) is 135 Å². The van der Waals surface area contributed by atoms with Crippen LogP contribution in [0.1, 0.15) is 213 Å². The molecule has 0 aliphatic carbocycles. The molecule has 0 aliphatic heterocycles. The van der Waals surface area contributed by atoms with Gasteiger partial charge in [0.05, 0.1) is 0 Å². The lowest BCUT2D eigenvalue weighted by Gasteiger charge is -2.18. The maximum atomic E-state index is 12.9. The van der Waals surface area contributed by atoms with Crippen molar-refractivity contribution < 1.29 is 28.6 Å². The van der Waals surface area contributed by atoms with Crippen LogP contribution in [-0.2, 0) is 28.6 Å². The van der Waals surface area contributed by atoms with E-state index in [0.717, 1.165) is 141 Å². The molecule has 0 rings (SSSR count). The molecule has 0 aromatic carbocycles. The maximum Gasteiger partial charge on any atom is 0.306 e. The van der Waals surface area contributed by atoms with Gasteiger partial charge in [0.25, 0.3) is 0 Å². The van der Waals surface area contributed by atoms with Crippen LogP contribution in [0.5, 0.6) is 0 Å². The van der Waals surface area contributed by atoms with Crippen molar-refractivity contribution in [2.75, 3.05) is 13.2 Å². The Balaban J connectivity index is 4.53. The molecule has 6 heteroatoms. The average Bonchev–Trinajstić information content (AvgIpc) is 3.39. The Hall–Kier alpha value is -5.23. The van der Waals surface area contributed by atoms with Crippen LogP contribution in [0.4, 0.5) is 0 Å². The minimum Gasteiger partial charge on any atom is -0.462 e. The van der Waals surface area contributed by atoms with Gasteiger partial charge in [0, 0.05) is 19.3 Å². The number of ether oxygens (including phenoxy) is 3. The summed E-state index contributed by atoms with van der Waals surface area (Å²) in [6.07, 6.45) is 87.9. The number of hydrogen-bond donors (Lipinski definition) is 0. The first-order chi connectivity index (χ1) is 36.0. The topological polar surface area (TPSA) is 78.9 Å². The molecule has 0 saturated heterocycles. The molecule has 1 unspecified atom stereocenters. The van der Waals surface area contributed by atoms with Gasteiger partial charge in [-0.15, -0.1) is 0 Å². The highest BCUT2D eigenvalue weighted by Crippen LogP contribution is 2.12. The van der Waals surface area contributed by atoms with E-state index in [1.165, 1.54) is 19.3 Å². The SMILES string of the molecule is CC/C=C\C/C=C\C/C=C\C/C=C\C/C=C\CCCCCCCCCC(=O)OCC(COC(=O)CC/C=C\C/C=C\C/C=C\C/C=C\CC)OC(=O)CCCCC/C=C\C/C=C\C/C=C\C/C=C\C/C=C\CC. The van der Waals surface area contributed by atoms with E-state index in [2.05, 4.69) is 179 Å². The molecule has 0 aromatic rings. The molecular weight excluding hydrogens is 901 g/mol. The molecule has 0 N–H and O–H groups in total. The van der Waals surface area contributed by atoms with Gasteiger partial charge >= 0.3 is 17.9 Å². The lowest BCUT2D eigenvalue weighted by atomic mass is 10.1. The Morgan fingerprint density at radius 2 is 0.521 bits per heavy atom. The minimum absolute atomic E-state index is 0.128. The molecule has 0 aliphatic rings. The van der Waals surface area contributed by atoms with Crippen molar-refractivity contribution in [3.8, 4) is 0 Å². The summed E-state index contributed by atoms with van der Waals surface area (Å²) in [5.74, 6) is -1.07. The molecule has 0 spiro atoms. The van der Waals surface area contributed by atoms with Crippen LogP contribution in [0.15, 0.2) is 170 Å². The van der Waals surface area contributed by atoms with Crippen LogP contribution in [0.2, 0.25) is 0 Å². The van der Waals surface area contributed by atoms with E-state index in [1.54, 1.807) is 0 Å². The molecule has 0 fully saturated rings. The van der Waals surface area contributed by atoms with Gasteiger partial charge in [0.2, 0.25) is 0 Å². The molecule has 73 heavy (non-hydrogen) atoms. The van der Waals surface area contributed by atoms with Gasteiger partial charge in [-0.25, -0.2) is 0 Å². The van der Waals surface area contributed by atoms with Crippen molar-refractivity contribution >= 4 is 17.9 Å². The first-order valence-corrected chi connectivity index (χ1v) is 28.6. The molecule has 0 saturated carbocycles. The summed E-state index contributed by atoms with van der Waals surface area (Å²) >= 11 is 0. The average molecular weight is 1000 g/mol. The standard InChI is InChI=1S/C67H102O6/c1-4-7-10-13-16-19-22-25-27-29-31-32-33-34-36-37-39-42-45-48-51-54-57-60-66(69)72-63-64(62-71-65(68)59-56-53-50-47-44-41-24-21-18-15-12-9-6-3)73-67(70)61-58-55-52-49-46-43-40-38-35-30-28-26-23-20-17-14-11-8-5-2/h7-12,16-21,25-28,31-32,34-36,38,41,43-44,46,50,53,64H,4-6,13-15,22-24,29-30,33,37,39-40,42,45,47-49,51-52,54-63H2,1-3H3/b10-7-,11-8-,12-9-,19-16-,20-17-,21-18-,27-25-,28-26-,32-31-,36-34-,38-35-,44-41-,46-43-,53-50-. The van der Waals surface area contributed by atoms with Gasteiger partial charge in [0.15, 0.2) is 6.10 Å². The normalized spacial score (nSPS) is 13.4. The first-order valence-electron chi connectivity index (χ1n) is 28.6. The second-order valence-corrected chi connectivity index (χ2v) is 18.0. The lowest BCUT2D eigenvalue weighted by molar-refractivity contribution is -0.166. The zero-order valence-corrected chi connectivity index (χ0v) is 46.3. The van der Waals surface area contributed by atoms with Gasteiger partial charge in [0.1, 0.15) is 13.2 Å². The molecule has 0 bridgehead atoms. The maximum absolute atomic E-state index is 12.9. The summed E-state index contributed by atoms with van der Waals surface area (Å²) in [5.41, 5.74) is 0. The van der Waals surface area contributed by atoms with Crippen LogP contribution in [-0.4, -0.2) is 37.2 Å². The quantitative estimate of drug-likeness (QED) is 0.0261. The lowest BCUT2D eigenvalue weighted by Crippen LogP contribution is -2.30. The van der Waals surface area contributed by atoms with Crippen LogP contribution in [0.25, 0.3) is 0 Å². The van der Waals surface area contributed by atoms with Crippen molar-refractivity contribution in [3.05, 3.63) is 170 Å². The van der Waals surface area contributed by atoms with Gasteiger partial charge in [-0.2, -0.15) is 0 Å². The van der Waals surface area contributed by atoms with Crippen LogP contribution >= 0.6 is 0 Å². The highest BCUT2D eigenvalue weighted by Gasteiger charge is 2.19. The number of rotatable bonds is 49. The molecular formula is C67H102O6. The van der Waals surface area contributed by atoms with E-state index in [1.807, 2.05) is 12.2 Å². The fourth-order valence-corrected chi connectivity index (χ4v) is 7.04. The van der Waals surface area contributed by atoms with E-state index in [9.17, 15) is 14.4 Å². The third-order valence-corrected chi connectivity index (χ3v) is 11.2. The second-order valence-electron chi connectivity index (χ2n) is 18.0. The molecule has 6 nitrogen and oxygen atoms in total.